The summed E-state index contributed by atoms with van der Waals surface area (Å²) in [5.74, 6) is 0.582. The van der Waals surface area contributed by atoms with Gasteiger partial charge in [0.25, 0.3) is 5.78 Å². The maximum absolute atomic E-state index is 12.5. The number of fused-ring (bicyclic) bond motifs is 1. The molecule has 30 heavy (non-hydrogen) atoms. The van der Waals surface area contributed by atoms with E-state index < -0.39 is 0 Å². The molecule has 0 saturated carbocycles. The Morgan fingerprint density at radius 3 is 2.53 bits per heavy atom. The Labute approximate surface area is 175 Å². The van der Waals surface area contributed by atoms with Gasteiger partial charge in [0.05, 0.1) is 11.4 Å². The van der Waals surface area contributed by atoms with E-state index in [9.17, 15) is 4.79 Å². The topological polar surface area (TPSA) is 90.0 Å². The van der Waals surface area contributed by atoms with E-state index >= 15 is 0 Å². The third kappa shape index (κ3) is 3.68. The molecule has 0 aliphatic rings. The SMILES string of the molecule is Cc1nn(-c2ccccc2)c(C)c1CNC(=O)CCc1c(C)nc2ncnn2c1C. The third-order valence-corrected chi connectivity index (χ3v) is 5.49. The van der Waals surface area contributed by atoms with E-state index in [4.69, 9.17) is 0 Å². The summed E-state index contributed by atoms with van der Waals surface area (Å²) in [5, 5.41) is 11.9. The molecule has 3 aromatic heterocycles. The number of para-hydroxylation sites is 1. The summed E-state index contributed by atoms with van der Waals surface area (Å²) in [6.45, 7) is 8.38. The van der Waals surface area contributed by atoms with Crippen molar-refractivity contribution in [2.45, 2.75) is 47.1 Å². The van der Waals surface area contributed by atoms with E-state index in [1.807, 2.05) is 62.7 Å². The Morgan fingerprint density at radius 2 is 1.77 bits per heavy atom. The average molecular weight is 403 g/mol. The second kappa shape index (κ2) is 8.06. The largest absolute Gasteiger partial charge is 0.352 e. The van der Waals surface area contributed by atoms with Crippen LogP contribution >= 0.6 is 0 Å². The zero-order valence-corrected chi connectivity index (χ0v) is 17.7. The number of nitrogens with one attached hydrogen (secondary N) is 1. The normalized spacial score (nSPS) is 11.2. The zero-order chi connectivity index (χ0) is 21.3. The monoisotopic (exact) mass is 403 g/mol. The number of hydrogen-bond donors (Lipinski definition) is 1. The Kier molecular flexibility index (Phi) is 5.31. The van der Waals surface area contributed by atoms with Gasteiger partial charge in [0.1, 0.15) is 6.33 Å². The minimum Gasteiger partial charge on any atom is -0.352 e. The van der Waals surface area contributed by atoms with Gasteiger partial charge in [-0.3, -0.25) is 4.79 Å². The van der Waals surface area contributed by atoms with Gasteiger partial charge in [0.15, 0.2) is 0 Å². The zero-order valence-electron chi connectivity index (χ0n) is 17.7. The second-order valence-electron chi connectivity index (χ2n) is 7.41. The molecule has 1 aromatic carbocycles. The lowest BCUT2D eigenvalue weighted by molar-refractivity contribution is -0.121. The van der Waals surface area contributed by atoms with Crippen molar-refractivity contribution >= 4 is 11.7 Å². The van der Waals surface area contributed by atoms with Crippen molar-refractivity contribution in [1.29, 1.82) is 0 Å². The standard InChI is InChI=1S/C22H25N7O/c1-14-19(16(3)29-22(26-14)24-13-25-29)10-11-21(30)23-12-20-15(2)27-28(17(20)4)18-8-6-5-7-9-18/h5-9,13H,10-12H2,1-4H3,(H,23,30). The lowest BCUT2D eigenvalue weighted by Gasteiger charge is -2.11. The molecule has 4 aromatic rings. The Morgan fingerprint density at radius 1 is 1.00 bits per heavy atom. The minimum atomic E-state index is -0.00116. The summed E-state index contributed by atoms with van der Waals surface area (Å²) in [6.07, 6.45) is 2.48. The van der Waals surface area contributed by atoms with Crippen LogP contribution in [0.5, 0.6) is 0 Å². The van der Waals surface area contributed by atoms with Gasteiger partial charge in [-0.05, 0) is 51.8 Å². The number of carbonyl (C=O) groups excluding carboxylic acids is 1. The molecule has 0 bridgehead atoms. The van der Waals surface area contributed by atoms with Gasteiger partial charge in [-0.2, -0.15) is 15.2 Å². The van der Waals surface area contributed by atoms with Crippen molar-refractivity contribution in [3.63, 3.8) is 0 Å². The van der Waals surface area contributed by atoms with Gasteiger partial charge < -0.3 is 5.32 Å². The fourth-order valence-electron chi connectivity index (χ4n) is 3.78. The summed E-state index contributed by atoms with van der Waals surface area (Å²) < 4.78 is 3.63. The number of hydrogen-bond acceptors (Lipinski definition) is 5. The first kappa shape index (κ1) is 19.8. The van der Waals surface area contributed by atoms with Crippen LogP contribution in [0.3, 0.4) is 0 Å². The average Bonchev–Trinajstić information content (AvgIpc) is 3.31. The fourth-order valence-corrected chi connectivity index (χ4v) is 3.78. The van der Waals surface area contributed by atoms with Crippen molar-refractivity contribution in [2.24, 2.45) is 0 Å². The van der Waals surface area contributed by atoms with E-state index in [1.165, 1.54) is 6.33 Å². The first-order valence-corrected chi connectivity index (χ1v) is 9.98. The van der Waals surface area contributed by atoms with Gasteiger partial charge >= 0.3 is 0 Å². The van der Waals surface area contributed by atoms with Crippen molar-refractivity contribution in [3.8, 4) is 5.69 Å². The highest BCUT2D eigenvalue weighted by molar-refractivity contribution is 5.76. The highest BCUT2D eigenvalue weighted by atomic mass is 16.1. The minimum absolute atomic E-state index is 0.00116. The molecule has 0 spiro atoms. The van der Waals surface area contributed by atoms with E-state index in [1.54, 1.807) is 4.52 Å². The quantitative estimate of drug-likeness (QED) is 0.535. The van der Waals surface area contributed by atoms with Gasteiger partial charge in [0, 0.05) is 35.6 Å². The Bertz CT molecular complexity index is 1210. The molecule has 1 amide bonds. The van der Waals surface area contributed by atoms with Crippen LogP contribution in [0.25, 0.3) is 11.5 Å². The van der Waals surface area contributed by atoms with Crippen LogP contribution < -0.4 is 5.32 Å². The maximum Gasteiger partial charge on any atom is 0.252 e. The van der Waals surface area contributed by atoms with E-state index in [2.05, 4.69) is 25.5 Å². The Balaban J connectivity index is 1.42. The van der Waals surface area contributed by atoms with Gasteiger partial charge in [0.2, 0.25) is 5.91 Å². The van der Waals surface area contributed by atoms with E-state index in [0.717, 1.165) is 39.6 Å². The molecule has 1 N–H and O–H groups in total. The van der Waals surface area contributed by atoms with Crippen LogP contribution in [-0.4, -0.2) is 35.3 Å². The molecular formula is C22H25N7O. The van der Waals surface area contributed by atoms with Crippen molar-refractivity contribution in [3.05, 3.63) is 70.6 Å². The number of rotatable bonds is 6. The molecule has 0 radical (unpaired) electrons. The van der Waals surface area contributed by atoms with Crippen LogP contribution in [0.4, 0.5) is 0 Å². The van der Waals surface area contributed by atoms with Gasteiger partial charge in [-0.1, -0.05) is 18.2 Å². The van der Waals surface area contributed by atoms with Gasteiger partial charge in [-0.25, -0.2) is 14.2 Å². The third-order valence-electron chi connectivity index (χ3n) is 5.49. The number of aryl methyl sites for hydroxylation is 3. The summed E-state index contributed by atoms with van der Waals surface area (Å²) in [7, 11) is 0. The molecule has 154 valence electrons. The number of amides is 1. The molecule has 0 aliphatic heterocycles. The molecule has 0 fully saturated rings. The molecule has 0 saturated heterocycles. The van der Waals surface area contributed by atoms with Crippen LogP contribution in [0.2, 0.25) is 0 Å². The van der Waals surface area contributed by atoms with Gasteiger partial charge in [-0.15, -0.1) is 0 Å². The molecule has 8 heteroatoms. The second-order valence-corrected chi connectivity index (χ2v) is 7.41. The predicted octanol–water partition coefficient (Wildman–Crippen LogP) is 2.79. The maximum atomic E-state index is 12.5. The Hall–Kier alpha value is -3.55. The van der Waals surface area contributed by atoms with Crippen LogP contribution in [0.15, 0.2) is 36.7 Å². The van der Waals surface area contributed by atoms with E-state index in [-0.39, 0.29) is 5.91 Å². The summed E-state index contributed by atoms with van der Waals surface area (Å²) in [4.78, 5) is 21.1. The number of nitrogens with zero attached hydrogens (tertiary/aromatic N) is 6. The van der Waals surface area contributed by atoms with Crippen molar-refractivity contribution in [1.82, 2.24) is 34.7 Å². The first-order valence-electron chi connectivity index (χ1n) is 9.98. The molecule has 8 nitrogen and oxygen atoms in total. The summed E-state index contributed by atoms with van der Waals surface area (Å²) >= 11 is 0. The molecule has 0 unspecified atom stereocenters. The van der Waals surface area contributed by atoms with Crippen LogP contribution in [0, 0.1) is 27.7 Å². The summed E-state index contributed by atoms with van der Waals surface area (Å²) in [5.41, 5.74) is 6.90. The molecule has 4 rings (SSSR count). The molecule has 3 heterocycles. The van der Waals surface area contributed by atoms with Crippen LogP contribution in [-0.2, 0) is 17.8 Å². The highest BCUT2D eigenvalue weighted by Crippen LogP contribution is 2.18. The van der Waals surface area contributed by atoms with Crippen molar-refractivity contribution in [2.75, 3.05) is 0 Å². The smallest absolute Gasteiger partial charge is 0.252 e. The predicted molar refractivity (Wildman–Crippen MR) is 113 cm³/mol. The number of benzene rings is 1. The number of aromatic nitrogens is 6. The molecule has 0 atom stereocenters. The van der Waals surface area contributed by atoms with Crippen LogP contribution in [0.1, 0.15) is 40.3 Å². The molecule has 0 aliphatic carbocycles. The first-order chi connectivity index (χ1) is 14.5. The summed E-state index contributed by atoms with van der Waals surface area (Å²) in [6, 6.07) is 10.0. The van der Waals surface area contributed by atoms with E-state index in [0.29, 0.717) is 25.2 Å². The lowest BCUT2D eigenvalue weighted by Crippen LogP contribution is -2.24. The fraction of sp³-hybridized carbons (Fsp3) is 0.318. The molecular weight excluding hydrogens is 378 g/mol. The lowest BCUT2D eigenvalue weighted by atomic mass is 10.1. The number of carbonyl (C=O) groups is 1. The highest BCUT2D eigenvalue weighted by Gasteiger charge is 2.15. The van der Waals surface area contributed by atoms with Crippen molar-refractivity contribution < 1.29 is 4.79 Å².